The zero-order valence-electron chi connectivity index (χ0n) is 17.6. The molecule has 0 spiro atoms. The first kappa shape index (κ1) is 20.3. The smallest absolute Gasteiger partial charge is 0.331 e. The predicted octanol–water partition coefficient (Wildman–Crippen LogP) is 4.60. The Labute approximate surface area is 180 Å². The summed E-state index contributed by atoms with van der Waals surface area (Å²) in [4.78, 5) is 16.2. The quantitative estimate of drug-likeness (QED) is 0.339. The second-order valence-corrected chi connectivity index (χ2v) is 7.19. The van der Waals surface area contributed by atoms with Crippen LogP contribution in [0.3, 0.4) is 0 Å². The summed E-state index contributed by atoms with van der Waals surface area (Å²) in [7, 11) is 0. The fraction of sp³-hybridized carbons (Fsp3) is 0.167. The van der Waals surface area contributed by atoms with Gasteiger partial charge in [-0.1, -0.05) is 35.5 Å². The largest absolute Gasteiger partial charge is 0.452 e. The number of nitrogens with zero attached hydrogens (tertiary/aromatic N) is 4. The van der Waals surface area contributed by atoms with E-state index >= 15 is 0 Å². The fourth-order valence-electron chi connectivity index (χ4n) is 3.07. The van der Waals surface area contributed by atoms with Crippen LogP contribution in [0.25, 0.3) is 23.0 Å². The molecule has 0 bridgehead atoms. The van der Waals surface area contributed by atoms with Crippen LogP contribution in [0.15, 0.2) is 65.3 Å². The minimum Gasteiger partial charge on any atom is -0.452 e. The van der Waals surface area contributed by atoms with E-state index in [0.717, 1.165) is 22.5 Å². The first-order valence-electron chi connectivity index (χ1n) is 9.86. The highest BCUT2D eigenvalue weighted by atomic mass is 16.6. The average molecular weight is 414 g/mol. The highest BCUT2D eigenvalue weighted by Crippen LogP contribution is 2.26. The molecule has 0 aliphatic carbocycles. The van der Waals surface area contributed by atoms with E-state index in [9.17, 15) is 4.79 Å². The molecule has 0 amide bonds. The number of benzene rings is 2. The number of aryl methyl sites for hydroxylation is 3. The Morgan fingerprint density at radius 3 is 2.61 bits per heavy atom. The van der Waals surface area contributed by atoms with Gasteiger partial charge in [-0.2, -0.15) is 10.1 Å². The van der Waals surface area contributed by atoms with Gasteiger partial charge in [0.05, 0.1) is 11.4 Å². The van der Waals surface area contributed by atoms with E-state index in [-0.39, 0.29) is 12.5 Å². The van der Waals surface area contributed by atoms with Crippen molar-refractivity contribution in [1.29, 1.82) is 0 Å². The molecule has 0 aliphatic heterocycles. The van der Waals surface area contributed by atoms with E-state index in [1.807, 2.05) is 42.6 Å². The van der Waals surface area contributed by atoms with Crippen LogP contribution in [0.4, 0.5) is 0 Å². The number of aromatic nitrogens is 4. The van der Waals surface area contributed by atoms with Crippen LogP contribution in [0.1, 0.15) is 28.4 Å². The van der Waals surface area contributed by atoms with Crippen LogP contribution >= 0.6 is 0 Å². The Hall–Kier alpha value is -4.00. The first-order valence-corrected chi connectivity index (χ1v) is 9.86. The van der Waals surface area contributed by atoms with Gasteiger partial charge >= 0.3 is 5.97 Å². The normalized spacial score (nSPS) is 11.2. The van der Waals surface area contributed by atoms with E-state index < -0.39 is 5.97 Å². The number of para-hydroxylation sites is 1. The number of carbonyl (C=O) groups excluding carboxylic acids is 1. The summed E-state index contributed by atoms with van der Waals surface area (Å²) in [6.07, 6.45) is 4.98. The van der Waals surface area contributed by atoms with E-state index in [2.05, 4.69) is 36.1 Å². The molecule has 0 aliphatic rings. The van der Waals surface area contributed by atoms with Crippen molar-refractivity contribution < 1.29 is 14.1 Å². The molecule has 0 saturated heterocycles. The van der Waals surface area contributed by atoms with Gasteiger partial charge in [-0.25, -0.2) is 9.48 Å². The molecular formula is C24H22N4O3. The standard InChI is InChI=1S/C24H22N4O3/c1-16-9-10-19(13-17(16)2)24-20(14-28(26-24)21-7-5-4-6-8-21)11-12-23(29)30-15-22-25-18(3)27-31-22/h4-14H,15H2,1-3H3. The third kappa shape index (κ3) is 4.78. The zero-order valence-corrected chi connectivity index (χ0v) is 17.6. The van der Waals surface area contributed by atoms with Gasteiger partial charge in [0, 0.05) is 23.4 Å². The van der Waals surface area contributed by atoms with Gasteiger partial charge in [0.25, 0.3) is 5.89 Å². The molecule has 0 atom stereocenters. The van der Waals surface area contributed by atoms with Crippen LogP contribution < -0.4 is 0 Å². The van der Waals surface area contributed by atoms with E-state index in [1.165, 1.54) is 17.2 Å². The molecule has 7 heteroatoms. The minimum absolute atomic E-state index is 0.0721. The average Bonchev–Trinajstić information content (AvgIpc) is 3.39. The second-order valence-electron chi connectivity index (χ2n) is 7.19. The van der Waals surface area contributed by atoms with Crippen LogP contribution in [0.2, 0.25) is 0 Å². The monoisotopic (exact) mass is 414 g/mol. The van der Waals surface area contributed by atoms with Crippen molar-refractivity contribution in [2.75, 3.05) is 0 Å². The molecule has 2 heterocycles. The second kappa shape index (κ2) is 8.79. The van der Waals surface area contributed by atoms with Crippen LogP contribution in [-0.2, 0) is 16.1 Å². The fourth-order valence-corrected chi connectivity index (χ4v) is 3.07. The number of hydrogen-bond acceptors (Lipinski definition) is 6. The Morgan fingerprint density at radius 2 is 1.90 bits per heavy atom. The number of carbonyl (C=O) groups is 1. The Kier molecular flexibility index (Phi) is 5.75. The lowest BCUT2D eigenvalue weighted by molar-refractivity contribution is -0.139. The highest BCUT2D eigenvalue weighted by molar-refractivity contribution is 5.88. The van der Waals surface area contributed by atoms with Crippen molar-refractivity contribution in [2.45, 2.75) is 27.4 Å². The van der Waals surface area contributed by atoms with Gasteiger partial charge in [-0.15, -0.1) is 0 Å². The summed E-state index contributed by atoms with van der Waals surface area (Å²) in [5, 5.41) is 8.45. The van der Waals surface area contributed by atoms with E-state index in [1.54, 1.807) is 17.7 Å². The van der Waals surface area contributed by atoms with Crippen molar-refractivity contribution in [2.24, 2.45) is 0 Å². The van der Waals surface area contributed by atoms with E-state index in [0.29, 0.717) is 5.82 Å². The third-order valence-electron chi connectivity index (χ3n) is 4.85. The number of rotatable bonds is 6. The molecule has 0 radical (unpaired) electrons. The van der Waals surface area contributed by atoms with Gasteiger partial charge in [-0.3, -0.25) is 0 Å². The topological polar surface area (TPSA) is 83.0 Å². The molecule has 2 aromatic carbocycles. The predicted molar refractivity (Wildman–Crippen MR) is 116 cm³/mol. The van der Waals surface area contributed by atoms with Gasteiger partial charge in [0.15, 0.2) is 12.4 Å². The Bertz CT molecular complexity index is 1240. The van der Waals surface area contributed by atoms with Crippen molar-refractivity contribution >= 4 is 12.0 Å². The Balaban J connectivity index is 1.61. The molecule has 0 fully saturated rings. The minimum atomic E-state index is -0.505. The van der Waals surface area contributed by atoms with Crippen LogP contribution in [-0.4, -0.2) is 25.9 Å². The number of hydrogen-bond donors (Lipinski definition) is 0. The highest BCUT2D eigenvalue weighted by Gasteiger charge is 2.12. The third-order valence-corrected chi connectivity index (χ3v) is 4.85. The molecule has 4 rings (SSSR count). The SMILES string of the molecule is Cc1noc(COC(=O)C=Cc2cn(-c3ccccc3)nc2-c2ccc(C)c(C)c2)n1. The maximum absolute atomic E-state index is 12.2. The lowest BCUT2D eigenvalue weighted by Crippen LogP contribution is -2.01. The van der Waals surface area contributed by atoms with Gasteiger partial charge in [0.1, 0.15) is 0 Å². The van der Waals surface area contributed by atoms with Gasteiger partial charge in [0.2, 0.25) is 0 Å². The van der Waals surface area contributed by atoms with E-state index in [4.69, 9.17) is 14.4 Å². The molecular weight excluding hydrogens is 392 g/mol. The molecule has 31 heavy (non-hydrogen) atoms. The molecule has 4 aromatic rings. The number of esters is 1. The summed E-state index contributed by atoms with van der Waals surface area (Å²) in [5.41, 5.74) is 5.88. The summed E-state index contributed by atoms with van der Waals surface area (Å²) in [5.74, 6) is 0.245. The van der Waals surface area contributed by atoms with Crippen LogP contribution in [0.5, 0.6) is 0 Å². The maximum atomic E-state index is 12.2. The molecule has 0 saturated carbocycles. The summed E-state index contributed by atoms with van der Waals surface area (Å²) in [6, 6.07) is 16.0. The zero-order chi connectivity index (χ0) is 21.8. The lowest BCUT2D eigenvalue weighted by atomic mass is 10.0. The van der Waals surface area contributed by atoms with Crippen molar-refractivity contribution in [3.05, 3.63) is 89.2 Å². The van der Waals surface area contributed by atoms with Crippen molar-refractivity contribution in [3.8, 4) is 16.9 Å². The molecule has 7 nitrogen and oxygen atoms in total. The van der Waals surface area contributed by atoms with Gasteiger partial charge in [-0.05, 0) is 56.2 Å². The number of ether oxygens (including phenoxy) is 1. The maximum Gasteiger partial charge on any atom is 0.331 e. The summed E-state index contributed by atoms with van der Waals surface area (Å²) in [6.45, 7) is 5.77. The Morgan fingerprint density at radius 1 is 1.10 bits per heavy atom. The molecule has 0 N–H and O–H groups in total. The summed E-state index contributed by atoms with van der Waals surface area (Å²) < 4.78 is 11.9. The lowest BCUT2D eigenvalue weighted by Gasteiger charge is -2.04. The van der Waals surface area contributed by atoms with Crippen LogP contribution in [0, 0.1) is 20.8 Å². The van der Waals surface area contributed by atoms with Gasteiger partial charge < -0.3 is 9.26 Å². The first-order chi connectivity index (χ1) is 15.0. The molecule has 0 unspecified atom stereocenters. The summed E-state index contributed by atoms with van der Waals surface area (Å²) >= 11 is 0. The van der Waals surface area contributed by atoms with Crippen molar-refractivity contribution in [3.63, 3.8) is 0 Å². The van der Waals surface area contributed by atoms with Crippen molar-refractivity contribution in [1.82, 2.24) is 19.9 Å². The molecule has 2 aromatic heterocycles. The molecule has 156 valence electrons.